The van der Waals surface area contributed by atoms with Gasteiger partial charge in [0.05, 0.1) is 13.7 Å². The maximum absolute atomic E-state index is 12.3. The third-order valence-corrected chi connectivity index (χ3v) is 4.37. The van der Waals surface area contributed by atoms with Gasteiger partial charge in [0.1, 0.15) is 17.4 Å². The Balaban J connectivity index is 2.07. The molecule has 0 fully saturated rings. The third kappa shape index (κ3) is 8.19. The standard InChI is InChI=1S/C26H28N2O5/c1-4-14-28-26(30)21(18-27)16-20-8-12-23(24(17-20)31-3)33-25(29)13-9-19-6-10-22(11-7-19)32-15-5-2/h6-13,16-17H,4-5,14-15H2,1-3H3,(H,28,30)/b13-9+,21-16+. The molecule has 0 aliphatic carbocycles. The number of carbonyl (C=O) groups is 2. The first-order chi connectivity index (χ1) is 16.0. The van der Waals surface area contributed by atoms with E-state index in [0.29, 0.717) is 24.5 Å². The fraction of sp³-hybridized carbons (Fsp3) is 0.269. The molecule has 0 spiro atoms. The van der Waals surface area contributed by atoms with E-state index < -0.39 is 11.9 Å². The molecule has 0 unspecified atom stereocenters. The zero-order chi connectivity index (χ0) is 24.1. The summed E-state index contributed by atoms with van der Waals surface area (Å²) in [6, 6.07) is 14.0. The maximum atomic E-state index is 12.3. The number of hydrogen-bond acceptors (Lipinski definition) is 6. The van der Waals surface area contributed by atoms with Gasteiger partial charge in [0.15, 0.2) is 11.5 Å². The average Bonchev–Trinajstić information content (AvgIpc) is 2.84. The highest BCUT2D eigenvalue weighted by Gasteiger charge is 2.11. The summed E-state index contributed by atoms with van der Waals surface area (Å²) in [4.78, 5) is 24.3. The van der Waals surface area contributed by atoms with Gasteiger partial charge in [-0.3, -0.25) is 4.79 Å². The molecule has 0 saturated carbocycles. The number of ether oxygens (including phenoxy) is 3. The predicted molar refractivity (Wildman–Crippen MR) is 127 cm³/mol. The number of benzene rings is 2. The molecule has 7 nitrogen and oxygen atoms in total. The van der Waals surface area contributed by atoms with E-state index in [2.05, 4.69) is 5.32 Å². The molecule has 33 heavy (non-hydrogen) atoms. The van der Waals surface area contributed by atoms with Gasteiger partial charge >= 0.3 is 5.97 Å². The van der Waals surface area contributed by atoms with Crippen molar-refractivity contribution >= 4 is 24.0 Å². The van der Waals surface area contributed by atoms with Crippen molar-refractivity contribution in [2.45, 2.75) is 26.7 Å². The number of nitrogens with zero attached hydrogens (tertiary/aromatic N) is 1. The van der Waals surface area contributed by atoms with Crippen molar-refractivity contribution in [1.29, 1.82) is 5.26 Å². The van der Waals surface area contributed by atoms with Gasteiger partial charge < -0.3 is 19.5 Å². The monoisotopic (exact) mass is 448 g/mol. The summed E-state index contributed by atoms with van der Waals surface area (Å²) >= 11 is 0. The van der Waals surface area contributed by atoms with E-state index in [0.717, 1.165) is 24.2 Å². The van der Waals surface area contributed by atoms with Gasteiger partial charge in [-0.05, 0) is 60.4 Å². The van der Waals surface area contributed by atoms with Crippen molar-refractivity contribution in [3.05, 3.63) is 65.2 Å². The molecule has 0 saturated heterocycles. The van der Waals surface area contributed by atoms with Crippen LogP contribution in [-0.2, 0) is 9.59 Å². The molecule has 0 aliphatic rings. The minimum absolute atomic E-state index is 0.0238. The average molecular weight is 449 g/mol. The first-order valence-corrected chi connectivity index (χ1v) is 10.7. The number of esters is 1. The van der Waals surface area contributed by atoms with Crippen LogP contribution < -0.4 is 19.5 Å². The van der Waals surface area contributed by atoms with Gasteiger partial charge in [-0.1, -0.05) is 32.0 Å². The molecule has 7 heteroatoms. The van der Waals surface area contributed by atoms with Gasteiger partial charge in [-0.2, -0.15) is 5.26 Å². The van der Waals surface area contributed by atoms with E-state index in [1.165, 1.54) is 19.3 Å². The van der Waals surface area contributed by atoms with Gasteiger partial charge in [-0.25, -0.2) is 4.79 Å². The van der Waals surface area contributed by atoms with Crippen molar-refractivity contribution < 1.29 is 23.8 Å². The van der Waals surface area contributed by atoms with Crippen LogP contribution in [0.5, 0.6) is 17.2 Å². The molecule has 2 rings (SSSR count). The largest absolute Gasteiger partial charge is 0.494 e. The van der Waals surface area contributed by atoms with E-state index >= 15 is 0 Å². The number of carbonyl (C=O) groups excluding carboxylic acids is 2. The van der Waals surface area contributed by atoms with Crippen LogP contribution >= 0.6 is 0 Å². The number of methoxy groups -OCH3 is 1. The zero-order valence-corrected chi connectivity index (χ0v) is 19.1. The fourth-order valence-corrected chi connectivity index (χ4v) is 2.71. The highest BCUT2D eigenvalue weighted by Crippen LogP contribution is 2.29. The lowest BCUT2D eigenvalue weighted by molar-refractivity contribution is -0.129. The van der Waals surface area contributed by atoms with Crippen LogP contribution in [0, 0.1) is 11.3 Å². The summed E-state index contributed by atoms with van der Waals surface area (Å²) in [5.74, 6) is 0.289. The highest BCUT2D eigenvalue weighted by atomic mass is 16.6. The van der Waals surface area contributed by atoms with Crippen LogP contribution in [0.15, 0.2) is 54.1 Å². The van der Waals surface area contributed by atoms with Crippen molar-refractivity contribution in [2.75, 3.05) is 20.3 Å². The zero-order valence-electron chi connectivity index (χ0n) is 19.1. The molecular formula is C26H28N2O5. The molecule has 0 heterocycles. The van der Waals surface area contributed by atoms with E-state index in [9.17, 15) is 14.9 Å². The van der Waals surface area contributed by atoms with Crippen molar-refractivity contribution in [1.82, 2.24) is 5.32 Å². The van der Waals surface area contributed by atoms with E-state index in [1.807, 2.05) is 44.2 Å². The van der Waals surface area contributed by atoms with Gasteiger partial charge in [-0.15, -0.1) is 0 Å². The minimum atomic E-state index is -0.570. The fourth-order valence-electron chi connectivity index (χ4n) is 2.71. The topological polar surface area (TPSA) is 97.7 Å². The third-order valence-electron chi connectivity index (χ3n) is 4.37. The molecule has 1 amide bonds. The van der Waals surface area contributed by atoms with Crippen LogP contribution in [0.2, 0.25) is 0 Å². The summed E-state index contributed by atoms with van der Waals surface area (Å²) in [5.41, 5.74) is 1.37. The molecular weight excluding hydrogens is 420 g/mol. The molecule has 0 atom stereocenters. The van der Waals surface area contributed by atoms with Crippen LogP contribution in [-0.4, -0.2) is 32.1 Å². The molecule has 0 aromatic heterocycles. The van der Waals surface area contributed by atoms with Crippen LogP contribution in [0.25, 0.3) is 12.2 Å². The molecule has 2 aromatic carbocycles. The van der Waals surface area contributed by atoms with Crippen molar-refractivity contribution in [3.63, 3.8) is 0 Å². The van der Waals surface area contributed by atoms with Crippen LogP contribution in [0.4, 0.5) is 0 Å². The highest BCUT2D eigenvalue weighted by molar-refractivity contribution is 6.01. The van der Waals surface area contributed by atoms with Gasteiger partial charge in [0.2, 0.25) is 0 Å². The first kappa shape index (κ1) is 25.2. The lowest BCUT2D eigenvalue weighted by Gasteiger charge is -2.09. The Morgan fingerprint density at radius 3 is 2.39 bits per heavy atom. The summed E-state index contributed by atoms with van der Waals surface area (Å²) in [7, 11) is 1.44. The molecule has 0 aliphatic heterocycles. The summed E-state index contributed by atoms with van der Waals surface area (Å²) in [6.07, 6.45) is 6.12. The van der Waals surface area contributed by atoms with Gasteiger partial charge in [0.25, 0.3) is 5.91 Å². The van der Waals surface area contributed by atoms with E-state index in [-0.39, 0.29) is 11.3 Å². The smallest absolute Gasteiger partial charge is 0.336 e. The maximum Gasteiger partial charge on any atom is 0.336 e. The number of amides is 1. The van der Waals surface area contributed by atoms with Crippen LogP contribution in [0.3, 0.4) is 0 Å². The normalized spacial score (nSPS) is 11.0. The van der Waals surface area contributed by atoms with Crippen LogP contribution in [0.1, 0.15) is 37.8 Å². The Labute approximate surface area is 194 Å². The molecule has 1 N–H and O–H groups in total. The van der Waals surface area contributed by atoms with Gasteiger partial charge in [0, 0.05) is 12.6 Å². The van der Waals surface area contributed by atoms with Crippen molar-refractivity contribution in [2.24, 2.45) is 0 Å². The molecule has 172 valence electrons. The van der Waals surface area contributed by atoms with E-state index in [4.69, 9.17) is 14.2 Å². The summed E-state index contributed by atoms with van der Waals surface area (Å²) in [5, 5.41) is 11.9. The Morgan fingerprint density at radius 2 is 1.76 bits per heavy atom. The van der Waals surface area contributed by atoms with E-state index in [1.54, 1.807) is 24.3 Å². The summed E-state index contributed by atoms with van der Waals surface area (Å²) < 4.78 is 16.2. The number of hydrogen-bond donors (Lipinski definition) is 1. The summed E-state index contributed by atoms with van der Waals surface area (Å²) in [6.45, 7) is 5.11. The Hall–Kier alpha value is -4.05. The Bertz CT molecular complexity index is 1050. The Morgan fingerprint density at radius 1 is 1.03 bits per heavy atom. The molecule has 2 aromatic rings. The first-order valence-electron chi connectivity index (χ1n) is 10.7. The SMILES string of the molecule is CCCNC(=O)/C(C#N)=C/c1ccc(OC(=O)/C=C/c2ccc(OCCC)cc2)c(OC)c1. The Kier molecular flexibility index (Phi) is 10.2. The van der Waals surface area contributed by atoms with Crippen molar-refractivity contribution in [3.8, 4) is 23.3 Å². The molecule has 0 radical (unpaired) electrons. The second-order valence-corrected chi connectivity index (χ2v) is 7.01. The quantitative estimate of drug-likeness (QED) is 0.235. The second-order valence-electron chi connectivity index (χ2n) is 7.01. The lowest BCUT2D eigenvalue weighted by Crippen LogP contribution is -2.25. The number of nitrogens with one attached hydrogen (secondary N) is 1. The molecule has 0 bridgehead atoms. The predicted octanol–water partition coefficient (Wildman–Crippen LogP) is 4.54. The second kappa shape index (κ2) is 13.4. The minimum Gasteiger partial charge on any atom is -0.494 e. The number of nitriles is 1. The lowest BCUT2D eigenvalue weighted by atomic mass is 10.1. The number of rotatable bonds is 11.